The van der Waals surface area contributed by atoms with Crippen molar-refractivity contribution in [3.05, 3.63) is 96.4 Å². The molecule has 29 heavy (non-hydrogen) atoms. The summed E-state index contributed by atoms with van der Waals surface area (Å²) in [6, 6.07) is 16.0. The smallest absolute Gasteiger partial charge is 0.342 e. The van der Waals surface area contributed by atoms with Crippen molar-refractivity contribution < 1.29 is 23.1 Å². The number of rotatable bonds is 6. The number of aromatic nitrogens is 2. The molecule has 2 aromatic heterocycles. The first-order valence-electron chi connectivity index (χ1n) is 8.73. The van der Waals surface area contributed by atoms with Crippen LogP contribution in [0.3, 0.4) is 0 Å². The molecule has 6 nitrogen and oxygen atoms in total. The third-order valence-corrected chi connectivity index (χ3v) is 3.96. The van der Waals surface area contributed by atoms with Crippen LogP contribution < -0.4 is 4.74 Å². The van der Waals surface area contributed by atoms with Crippen LogP contribution in [0.5, 0.6) is 11.5 Å². The summed E-state index contributed by atoms with van der Waals surface area (Å²) in [7, 11) is 0. The second kappa shape index (κ2) is 8.35. The van der Waals surface area contributed by atoms with Gasteiger partial charge in [-0.1, -0.05) is 12.1 Å². The van der Waals surface area contributed by atoms with E-state index in [0.717, 1.165) is 0 Å². The van der Waals surface area contributed by atoms with E-state index in [0.29, 0.717) is 28.6 Å². The molecule has 0 saturated heterocycles. The van der Waals surface area contributed by atoms with Gasteiger partial charge in [-0.05, 0) is 48.5 Å². The Balaban J connectivity index is 1.43. The zero-order valence-electron chi connectivity index (χ0n) is 15.1. The van der Waals surface area contributed by atoms with Crippen LogP contribution in [0.4, 0.5) is 4.39 Å². The van der Waals surface area contributed by atoms with Gasteiger partial charge in [-0.3, -0.25) is 4.98 Å². The van der Waals surface area contributed by atoms with Crippen LogP contribution >= 0.6 is 0 Å². The lowest BCUT2D eigenvalue weighted by atomic mass is 10.2. The largest absolute Gasteiger partial charge is 0.455 e. The summed E-state index contributed by atoms with van der Waals surface area (Å²) in [4.78, 5) is 20.8. The molecule has 0 fully saturated rings. The third-order valence-electron chi connectivity index (χ3n) is 3.96. The Labute approximate surface area is 165 Å². The fourth-order valence-electron chi connectivity index (χ4n) is 2.57. The molecule has 0 aliphatic carbocycles. The minimum absolute atomic E-state index is 0.0786. The molecule has 0 atom stereocenters. The van der Waals surface area contributed by atoms with Crippen molar-refractivity contribution in [2.75, 3.05) is 0 Å². The van der Waals surface area contributed by atoms with Gasteiger partial charge in [-0.15, -0.1) is 0 Å². The highest BCUT2D eigenvalue weighted by molar-refractivity contribution is 5.92. The lowest BCUT2D eigenvalue weighted by molar-refractivity contribution is 0.0465. The first-order chi connectivity index (χ1) is 14.2. The van der Waals surface area contributed by atoms with E-state index in [1.165, 1.54) is 18.4 Å². The highest BCUT2D eigenvalue weighted by Gasteiger charge is 2.16. The molecular weight excluding hydrogens is 375 g/mol. The van der Waals surface area contributed by atoms with Gasteiger partial charge in [0.25, 0.3) is 0 Å². The third kappa shape index (κ3) is 4.47. The summed E-state index contributed by atoms with van der Waals surface area (Å²) in [5.74, 6) is 0.277. The molecule has 0 amide bonds. The van der Waals surface area contributed by atoms with Gasteiger partial charge in [0.05, 0.1) is 6.20 Å². The number of para-hydroxylation sites is 1. The maximum Gasteiger partial charge on any atom is 0.342 e. The van der Waals surface area contributed by atoms with Crippen molar-refractivity contribution in [1.82, 2.24) is 9.97 Å². The highest BCUT2D eigenvalue weighted by atomic mass is 19.1. The molecule has 0 bridgehead atoms. The second-order valence-electron chi connectivity index (χ2n) is 6.01. The molecule has 0 spiro atoms. The minimum Gasteiger partial charge on any atom is -0.455 e. The first-order valence-corrected chi connectivity index (χ1v) is 8.73. The SMILES string of the molecule is O=C(OCc1coc(-c2ccc(F)cc2)n1)c1ccccc1Oc1cccnc1. The van der Waals surface area contributed by atoms with E-state index in [4.69, 9.17) is 13.9 Å². The number of halogens is 1. The molecule has 2 aromatic carbocycles. The molecule has 4 rings (SSSR count). The number of hydrogen-bond acceptors (Lipinski definition) is 6. The maximum atomic E-state index is 13.0. The Hall–Kier alpha value is -4.00. The number of esters is 1. The zero-order chi connectivity index (χ0) is 20.1. The molecule has 0 aliphatic rings. The molecular formula is C22H15FN2O4. The number of ether oxygens (including phenoxy) is 2. The lowest BCUT2D eigenvalue weighted by Gasteiger charge is -2.10. The van der Waals surface area contributed by atoms with Crippen LogP contribution in [-0.2, 0) is 11.3 Å². The monoisotopic (exact) mass is 390 g/mol. The van der Waals surface area contributed by atoms with Gasteiger partial charge in [0.1, 0.15) is 41.4 Å². The summed E-state index contributed by atoms with van der Waals surface area (Å²) in [5, 5.41) is 0. The van der Waals surface area contributed by atoms with E-state index in [2.05, 4.69) is 9.97 Å². The number of benzene rings is 2. The average Bonchev–Trinajstić information content (AvgIpc) is 3.23. The summed E-state index contributed by atoms with van der Waals surface area (Å²) < 4.78 is 29.5. The molecule has 7 heteroatoms. The molecule has 4 aromatic rings. The van der Waals surface area contributed by atoms with E-state index < -0.39 is 5.97 Å². The topological polar surface area (TPSA) is 74.5 Å². The van der Waals surface area contributed by atoms with Gasteiger partial charge in [0.2, 0.25) is 5.89 Å². The van der Waals surface area contributed by atoms with Crippen LogP contribution in [0.1, 0.15) is 16.1 Å². The van der Waals surface area contributed by atoms with Crippen molar-refractivity contribution in [3.8, 4) is 23.0 Å². The Morgan fingerprint density at radius 2 is 1.86 bits per heavy atom. The quantitative estimate of drug-likeness (QED) is 0.430. The van der Waals surface area contributed by atoms with Crippen LogP contribution in [0, 0.1) is 5.82 Å². The molecule has 0 N–H and O–H groups in total. The lowest BCUT2D eigenvalue weighted by Crippen LogP contribution is -2.07. The van der Waals surface area contributed by atoms with E-state index in [1.54, 1.807) is 60.9 Å². The van der Waals surface area contributed by atoms with Crippen molar-refractivity contribution >= 4 is 5.97 Å². The standard InChI is InChI=1S/C22H15FN2O4/c23-16-9-7-15(8-10-16)21-25-17(13-27-21)14-28-22(26)19-5-1-2-6-20(19)29-18-4-3-11-24-12-18/h1-13H,14H2. The summed E-state index contributed by atoms with van der Waals surface area (Å²) in [6.45, 7) is -0.0786. The van der Waals surface area contributed by atoms with Crippen LogP contribution in [0.2, 0.25) is 0 Å². The highest BCUT2D eigenvalue weighted by Crippen LogP contribution is 2.25. The van der Waals surface area contributed by atoms with Gasteiger partial charge in [-0.25, -0.2) is 14.2 Å². The molecule has 0 saturated carbocycles. The van der Waals surface area contributed by atoms with E-state index in [9.17, 15) is 9.18 Å². The molecule has 144 valence electrons. The predicted molar refractivity (Wildman–Crippen MR) is 102 cm³/mol. The molecule has 0 unspecified atom stereocenters. The molecule has 2 heterocycles. The minimum atomic E-state index is -0.559. The Morgan fingerprint density at radius 3 is 2.66 bits per heavy atom. The van der Waals surface area contributed by atoms with Crippen LogP contribution in [0.25, 0.3) is 11.5 Å². The molecule has 0 aliphatic heterocycles. The molecule has 0 radical (unpaired) electrons. The van der Waals surface area contributed by atoms with E-state index in [1.807, 2.05) is 0 Å². The van der Waals surface area contributed by atoms with Gasteiger partial charge in [0.15, 0.2) is 0 Å². The number of carbonyl (C=O) groups is 1. The Kier molecular flexibility index (Phi) is 5.29. The summed E-state index contributed by atoms with van der Waals surface area (Å²) in [6.07, 6.45) is 4.57. The number of pyridine rings is 1. The van der Waals surface area contributed by atoms with Crippen LogP contribution in [0.15, 0.2) is 83.7 Å². The van der Waals surface area contributed by atoms with Crippen molar-refractivity contribution in [3.63, 3.8) is 0 Å². The van der Waals surface area contributed by atoms with Crippen molar-refractivity contribution in [2.24, 2.45) is 0 Å². The number of hydrogen-bond donors (Lipinski definition) is 0. The second-order valence-corrected chi connectivity index (χ2v) is 6.01. The van der Waals surface area contributed by atoms with E-state index in [-0.39, 0.29) is 18.0 Å². The van der Waals surface area contributed by atoms with Gasteiger partial charge in [-0.2, -0.15) is 0 Å². The normalized spacial score (nSPS) is 10.5. The van der Waals surface area contributed by atoms with E-state index >= 15 is 0 Å². The Bertz CT molecular complexity index is 1110. The first kappa shape index (κ1) is 18.4. The van der Waals surface area contributed by atoms with Gasteiger partial charge in [0, 0.05) is 11.8 Å². The van der Waals surface area contributed by atoms with Crippen molar-refractivity contribution in [1.29, 1.82) is 0 Å². The van der Waals surface area contributed by atoms with Gasteiger partial charge >= 0.3 is 5.97 Å². The predicted octanol–water partition coefficient (Wildman–Crippen LogP) is 5.03. The summed E-state index contributed by atoms with van der Waals surface area (Å²) >= 11 is 0. The van der Waals surface area contributed by atoms with Gasteiger partial charge < -0.3 is 13.9 Å². The number of nitrogens with zero attached hydrogens (tertiary/aromatic N) is 2. The number of carbonyl (C=O) groups excluding carboxylic acids is 1. The summed E-state index contributed by atoms with van der Waals surface area (Å²) in [5.41, 5.74) is 1.33. The van der Waals surface area contributed by atoms with Crippen molar-refractivity contribution in [2.45, 2.75) is 6.61 Å². The number of oxazole rings is 1. The fraction of sp³-hybridized carbons (Fsp3) is 0.0455. The maximum absolute atomic E-state index is 13.0. The Morgan fingerprint density at radius 1 is 1.03 bits per heavy atom. The average molecular weight is 390 g/mol. The van der Waals surface area contributed by atoms with Crippen LogP contribution in [-0.4, -0.2) is 15.9 Å². The zero-order valence-corrected chi connectivity index (χ0v) is 15.1. The fourth-order valence-corrected chi connectivity index (χ4v) is 2.57.